The van der Waals surface area contributed by atoms with Gasteiger partial charge in [0.1, 0.15) is 18.3 Å². The number of fused-ring (bicyclic) bond motifs is 1. The molecule has 0 aromatic heterocycles. The number of benzene rings is 1. The molecule has 1 aromatic carbocycles. The Morgan fingerprint density at radius 1 is 1.09 bits per heavy atom. The van der Waals surface area contributed by atoms with Crippen LogP contribution in [-0.4, -0.2) is 43.7 Å². The maximum Gasteiger partial charge on any atom is 0.241 e. The van der Waals surface area contributed by atoms with Gasteiger partial charge in [0.2, 0.25) is 10.0 Å². The minimum atomic E-state index is -3.69. The number of rotatable bonds is 3. The Morgan fingerprint density at radius 3 is 2.35 bits per heavy atom. The van der Waals surface area contributed by atoms with Crippen molar-refractivity contribution in [2.75, 3.05) is 0 Å². The smallest absolute Gasteiger partial charge is 0.241 e. The number of sulfonamides is 1. The van der Waals surface area contributed by atoms with Gasteiger partial charge in [-0.25, -0.2) is 13.1 Å². The maximum atomic E-state index is 12.5. The van der Waals surface area contributed by atoms with Crippen LogP contribution in [0.25, 0.3) is 0 Å². The first-order chi connectivity index (χ1) is 10.7. The molecule has 126 valence electrons. The van der Waals surface area contributed by atoms with Crippen molar-refractivity contribution in [3.05, 3.63) is 42.0 Å². The summed E-state index contributed by atoms with van der Waals surface area (Å²) in [5.74, 6) is -0.865. The third-order valence-corrected chi connectivity index (χ3v) is 5.47. The minimum Gasteiger partial charge on any atom is -0.386 e. The van der Waals surface area contributed by atoms with Gasteiger partial charge in [-0.05, 0) is 32.9 Å². The summed E-state index contributed by atoms with van der Waals surface area (Å²) in [7, 11) is -3.69. The predicted octanol–water partition coefficient (Wildman–Crippen LogP) is 1.09. The summed E-state index contributed by atoms with van der Waals surface area (Å²) in [6.45, 7) is 5.37. The van der Waals surface area contributed by atoms with Gasteiger partial charge in [-0.1, -0.05) is 29.8 Å². The largest absolute Gasteiger partial charge is 0.386 e. The van der Waals surface area contributed by atoms with Gasteiger partial charge in [0.15, 0.2) is 5.79 Å². The summed E-state index contributed by atoms with van der Waals surface area (Å²) in [6, 6.07) is 6.02. The Morgan fingerprint density at radius 2 is 1.70 bits per heavy atom. The van der Waals surface area contributed by atoms with E-state index in [9.17, 15) is 13.5 Å². The van der Waals surface area contributed by atoms with Gasteiger partial charge in [-0.15, -0.1) is 0 Å². The molecule has 0 radical (unpaired) electrons. The van der Waals surface area contributed by atoms with Gasteiger partial charge in [0.05, 0.1) is 10.9 Å². The fraction of sp³-hybridized carbons (Fsp3) is 0.500. The van der Waals surface area contributed by atoms with Crippen LogP contribution in [0.15, 0.2) is 41.3 Å². The second-order valence-corrected chi connectivity index (χ2v) is 8.11. The zero-order valence-electron chi connectivity index (χ0n) is 13.3. The standard InChI is InChI=1S/C16H21NO5S/c1-10-4-6-11(7-5-10)23(19,20)17-12-8-9-13(18)15-14(12)21-16(2,3)22-15/h4-9,12-15,17-18H,1-3H3/t12-,13+,14+,15+/m1/s1. The van der Waals surface area contributed by atoms with E-state index in [-0.39, 0.29) is 4.90 Å². The van der Waals surface area contributed by atoms with Crippen molar-refractivity contribution in [3.63, 3.8) is 0 Å². The highest BCUT2D eigenvalue weighted by atomic mass is 32.2. The molecular weight excluding hydrogens is 318 g/mol. The van der Waals surface area contributed by atoms with E-state index in [1.165, 1.54) is 6.08 Å². The van der Waals surface area contributed by atoms with Crippen molar-refractivity contribution in [1.82, 2.24) is 4.72 Å². The molecule has 0 bridgehead atoms. The number of aliphatic hydroxyl groups excluding tert-OH is 1. The second-order valence-electron chi connectivity index (χ2n) is 6.40. The van der Waals surface area contributed by atoms with Gasteiger partial charge < -0.3 is 14.6 Å². The molecule has 2 N–H and O–H groups in total. The maximum absolute atomic E-state index is 12.5. The monoisotopic (exact) mass is 339 g/mol. The van der Waals surface area contributed by atoms with E-state index in [0.717, 1.165) is 5.56 Å². The zero-order chi connectivity index (χ0) is 16.8. The summed E-state index contributed by atoms with van der Waals surface area (Å²) in [4.78, 5) is 0.192. The molecule has 2 aliphatic rings. The van der Waals surface area contributed by atoms with Gasteiger partial charge in [-0.3, -0.25) is 0 Å². The molecule has 23 heavy (non-hydrogen) atoms. The average molecular weight is 339 g/mol. The molecule has 1 aliphatic heterocycles. The van der Waals surface area contributed by atoms with E-state index >= 15 is 0 Å². The number of nitrogens with one attached hydrogen (secondary N) is 1. The van der Waals surface area contributed by atoms with Crippen molar-refractivity contribution in [3.8, 4) is 0 Å². The highest BCUT2D eigenvalue weighted by molar-refractivity contribution is 7.89. The quantitative estimate of drug-likeness (QED) is 0.806. The molecule has 1 fully saturated rings. The molecule has 7 heteroatoms. The molecule has 0 amide bonds. The lowest BCUT2D eigenvalue weighted by atomic mass is 9.95. The SMILES string of the molecule is Cc1ccc(S(=O)(=O)N[C@@H]2C=C[C@H](O)[C@@H]3OC(C)(C)O[C@H]32)cc1. The third-order valence-electron chi connectivity index (χ3n) is 3.99. The van der Waals surface area contributed by atoms with Gasteiger partial charge in [-0.2, -0.15) is 0 Å². The summed E-state index contributed by atoms with van der Waals surface area (Å²) in [6.07, 6.45) is 1.16. The average Bonchev–Trinajstić information content (AvgIpc) is 2.79. The molecule has 0 unspecified atom stereocenters. The summed E-state index contributed by atoms with van der Waals surface area (Å²) in [5.41, 5.74) is 0.985. The van der Waals surface area contributed by atoms with Crippen LogP contribution >= 0.6 is 0 Å². The van der Waals surface area contributed by atoms with Gasteiger partial charge in [0, 0.05) is 0 Å². The van der Waals surface area contributed by atoms with Crippen LogP contribution in [0, 0.1) is 6.92 Å². The van der Waals surface area contributed by atoms with Crippen LogP contribution in [0.4, 0.5) is 0 Å². The highest BCUT2D eigenvalue weighted by Gasteiger charge is 2.49. The van der Waals surface area contributed by atoms with E-state index in [2.05, 4.69) is 4.72 Å². The lowest BCUT2D eigenvalue weighted by molar-refractivity contribution is -0.152. The number of aryl methyl sites for hydroxylation is 1. The molecule has 1 heterocycles. The van der Waals surface area contributed by atoms with Crippen LogP contribution in [0.5, 0.6) is 0 Å². The molecule has 1 aromatic rings. The van der Waals surface area contributed by atoms with E-state index in [0.29, 0.717) is 0 Å². The molecule has 3 rings (SSSR count). The van der Waals surface area contributed by atoms with Crippen LogP contribution in [0.1, 0.15) is 19.4 Å². The lowest BCUT2D eigenvalue weighted by Crippen LogP contribution is -2.51. The number of aliphatic hydroxyl groups is 1. The van der Waals surface area contributed by atoms with Crippen molar-refractivity contribution in [1.29, 1.82) is 0 Å². The first kappa shape index (κ1) is 16.6. The number of hydrogen-bond donors (Lipinski definition) is 2. The fourth-order valence-electron chi connectivity index (χ4n) is 2.88. The Hall–Kier alpha value is -1.25. The number of ether oxygens (including phenoxy) is 2. The molecular formula is C16H21NO5S. The van der Waals surface area contributed by atoms with E-state index in [1.807, 2.05) is 6.92 Å². The summed E-state index contributed by atoms with van der Waals surface area (Å²) in [5, 5.41) is 10.0. The normalized spacial score (nSPS) is 32.7. The molecule has 0 spiro atoms. The first-order valence-electron chi connectivity index (χ1n) is 7.49. The van der Waals surface area contributed by atoms with E-state index in [1.54, 1.807) is 44.2 Å². The Labute approximate surface area is 136 Å². The Kier molecular flexibility index (Phi) is 4.10. The number of hydrogen-bond acceptors (Lipinski definition) is 5. The van der Waals surface area contributed by atoms with Crippen LogP contribution in [0.3, 0.4) is 0 Å². The van der Waals surface area contributed by atoms with Gasteiger partial charge >= 0.3 is 0 Å². The second kappa shape index (κ2) is 5.68. The lowest BCUT2D eigenvalue weighted by Gasteiger charge is -2.30. The van der Waals surface area contributed by atoms with Crippen LogP contribution in [-0.2, 0) is 19.5 Å². The highest BCUT2D eigenvalue weighted by Crippen LogP contribution is 2.35. The Balaban J connectivity index is 1.84. The first-order valence-corrected chi connectivity index (χ1v) is 8.97. The van der Waals surface area contributed by atoms with Crippen molar-refractivity contribution < 1.29 is 23.0 Å². The fourth-order valence-corrected chi connectivity index (χ4v) is 4.08. The van der Waals surface area contributed by atoms with Gasteiger partial charge in [0.25, 0.3) is 0 Å². The van der Waals surface area contributed by atoms with Crippen molar-refractivity contribution in [2.24, 2.45) is 0 Å². The van der Waals surface area contributed by atoms with Crippen molar-refractivity contribution >= 4 is 10.0 Å². The van der Waals surface area contributed by atoms with Crippen LogP contribution < -0.4 is 4.72 Å². The van der Waals surface area contributed by atoms with E-state index < -0.39 is 40.2 Å². The molecule has 1 aliphatic carbocycles. The molecule has 4 atom stereocenters. The van der Waals surface area contributed by atoms with Crippen LogP contribution in [0.2, 0.25) is 0 Å². The molecule has 0 saturated carbocycles. The summed E-state index contributed by atoms with van der Waals surface area (Å²) < 4.78 is 39.2. The van der Waals surface area contributed by atoms with E-state index in [4.69, 9.17) is 9.47 Å². The molecule has 1 saturated heterocycles. The molecule has 6 nitrogen and oxygen atoms in total. The summed E-state index contributed by atoms with van der Waals surface area (Å²) >= 11 is 0. The minimum absolute atomic E-state index is 0.192. The predicted molar refractivity (Wildman–Crippen MR) is 84.3 cm³/mol. The third kappa shape index (κ3) is 3.34. The topological polar surface area (TPSA) is 84.9 Å². The Bertz CT molecular complexity index is 710. The zero-order valence-corrected chi connectivity index (χ0v) is 14.1. The van der Waals surface area contributed by atoms with Crippen molar-refractivity contribution in [2.45, 2.75) is 55.8 Å².